The Morgan fingerprint density at radius 1 is 1.33 bits per heavy atom. The number of benzene rings is 1. The molecule has 0 saturated carbocycles. The van der Waals surface area contributed by atoms with Gasteiger partial charge in [0, 0.05) is 19.5 Å². The number of oxime groups is 1. The number of nitrogens with zero attached hydrogens (tertiary/aromatic N) is 2. The molecule has 6 heteroatoms. The molecule has 0 unspecified atom stereocenters. The molecule has 21 heavy (non-hydrogen) atoms. The fourth-order valence-corrected chi connectivity index (χ4v) is 2.08. The summed E-state index contributed by atoms with van der Waals surface area (Å²) in [5.74, 6) is 0.629. The van der Waals surface area contributed by atoms with Gasteiger partial charge in [-0.2, -0.15) is 0 Å². The normalized spacial score (nSPS) is 15.9. The van der Waals surface area contributed by atoms with E-state index in [1.165, 1.54) is 0 Å². The monoisotopic (exact) mass is 292 g/mol. The van der Waals surface area contributed by atoms with E-state index in [1.54, 1.807) is 11.8 Å². The third-order valence-corrected chi connectivity index (χ3v) is 3.28. The Labute approximate surface area is 124 Å². The molecule has 114 valence electrons. The highest BCUT2D eigenvalue weighted by atomic mass is 16.5. The van der Waals surface area contributed by atoms with Gasteiger partial charge >= 0.3 is 0 Å². The Morgan fingerprint density at radius 2 is 2.00 bits per heavy atom. The van der Waals surface area contributed by atoms with Gasteiger partial charge in [0.1, 0.15) is 5.75 Å². The van der Waals surface area contributed by atoms with Gasteiger partial charge in [0.05, 0.1) is 18.9 Å². The van der Waals surface area contributed by atoms with Crippen LogP contribution in [0.1, 0.15) is 12.5 Å². The number of carbonyl (C=O) groups is 1. The first-order valence-corrected chi connectivity index (χ1v) is 6.94. The fourth-order valence-electron chi connectivity index (χ4n) is 2.08. The van der Waals surface area contributed by atoms with Crippen molar-refractivity contribution in [3.8, 4) is 5.75 Å². The van der Waals surface area contributed by atoms with Gasteiger partial charge in [-0.3, -0.25) is 4.79 Å². The Hall–Kier alpha value is -2.08. The van der Waals surface area contributed by atoms with E-state index >= 15 is 0 Å². The van der Waals surface area contributed by atoms with Gasteiger partial charge in [-0.05, 0) is 24.6 Å². The summed E-state index contributed by atoms with van der Waals surface area (Å²) in [5.41, 5.74) is 1.67. The number of ether oxygens (including phenoxy) is 2. The molecule has 1 fully saturated rings. The van der Waals surface area contributed by atoms with Crippen molar-refractivity contribution >= 4 is 11.6 Å². The van der Waals surface area contributed by atoms with Crippen molar-refractivity contribution in [2.45, 2.75) is 13.3 Å². The summed E-state index contributed by atoms with van der Waals surface area (Å²) < 4.78 is 10.7. The van der Waals surface area contributed by atoms with Crippen LogP contribution in [0.4, 0.5) is 0 Å². The molecule has 6 nitrogen and oxygen atoms in total. The molecular weight excluding hydrogens is 272 g/mol. The molecule has 1 aromatic carbocycles. The van der Waals surface area contributed by atoms with Crippen LogP contribution in [-0.2, 0) is 16.0 Å². The van der Waals surface area contributed by atoms with Crippen LogP contribution in [0, 0.1) is 0 Å². The highest BCUT2D eigenvalue weighted by molar-refractivity contribution is 5.83. The van der Waals surface area contributed by atoms with Crippen molar-refractivity contribution in [3.05, 3.63) is 29.8 Å². The van der Waals surface area contributed by atoms with Crippen LogP contribution in [0.15, 0.2) is 29.4 Å². The maximum Gasteiger partial charge on any atom is 0.260 e. The minimum absolute atomic E-state index is 0.0226. The minimum Gasteiger partial charge on any atom is -0.484 e. The van der Waals surface area contributed by atoms with Gasteiger partial charge < -0.3 is 19.6 Å². The molecule has 0 aromatic heterocycles. The van der Waals surface area contributed by atoms with Gasteiger partial charge in [-0.1, -0.05) is 17.3 Å². The molecule has 1 amide bonds. The van der Waals surface area contributed by atoms with E-state index in [1.807, 2.05) is 24.3 Å². The highest BCUT2D eigenvalue weighted by Gasteiger charge is 2.16. The summed E-state index contributed by atoms with van der Waals surface area (Å²) in [4.78, 5) is 13.7. The number of hydrogen-bond acceptors (Lipinski definition) is 5. The first-order valence-electron chi connectivity index (χ1n) is 6.94. The molecule has 0 bridgehead atoms. The molecule has 1 aromatic rings. The average molecular weight is 292 g/mol. The van der Waals surface area contributed by atoms with Crippen LogP contribution in [0.25, 0.3) is 0 Å². The van der Waals surface area contributed by atoms with Gasteiger partial charge in [0.25, 0.3) is 5.91 Å². The van der Waals surface area contributed by atoms with Gasteiger partial charge in [0.15, 0.2) is 6.61 Å². The summed E-state index contributed by atoms with van der Waals surface area (Å²) in [6.07, 6.45) is 0.587. The third-order valence-electron chi connectivity index (χ3n) is 3.28. The standard InChI is InChI=1S/C15H20N2O4/c1-12(16-19)10-13-2-4-14(5-3-13)21-11-15(18)17-6-8-20-9-7-17/h2-5,19H,6-11H2,1H3/b16-12-. The van der Waals surface area contributed by atoms with E-state index in [4.69, 9.17) is 14.7 Å². The largest absolute Gasteiger partial charge is 0.484 e. The molecular formula is C15H20N2O4. The second-order valence-corrected chi connectivity index (χ2v) is 4.94. The summed E-state index contributed by atoms with van der Waals surface area (Å²) in [6.45, 7) is 4.22. The number of rotatable bonds is 5. The lowest BCUT2D eigenvalue weighted by molar-refractivity contribution is -0.137. The van der Waals surface area contributed by atoms with Crippen molar-refractivity contribution < 1.29 is 19.5 Å². The first kappa shape index (κ1) is 15.3. The zero-order chi connectivity index (χ0) is 15.1. The maximum absolute atomic E-state index is 11.9. The smallest absolute Gasteiger partial charge is 0.260 e. The third kappa shape index (κ3) is 4.75. The first-order chi connectivity index (χ1) is 10.2. The molecule has 1 saturated heterocycles. The summed E-state index contributed by atoms with van der Waals surface area (Å²) in [6, 6.07) is 7.41. The van der Waals surface area contributed by atoms with Crippen LogP contribution >= 0.6 is 0 Å². The Kier molecular flexibility index (Phi) is 5.57. The zero-order valence-electron chi connectivity index (χ0n) is 12.1. The van der Waals surface area contributed by atoms with E-state index in [0.717, 1.165) is 5.56 Å². The molecule has 0 spiro atoms. The van der Waals surface area contributed by atoms with Gasteiger partial charge in [-0.15, -0.1) is 0 Å². The van der Waals surface area contributed by atoms with Crippen molar-refractivity contribution in [2.24, 2.45) is 5.16 Å². The Morgan fingerprint density at radius 3 is 2.62 bits per heavy atom. The molecule has 1 aliphatic heterocycles. The van der Waals surface area contributed by atoms with Crippen molar-refractivity contribution in [3.63, 3.8) is 0 Å². The predicted octanol–water partition coefficient (Wildman–Crippen LogP) is 1.32. The predicted molar refractivity (Wildman–Crippen MR) is 77.9 cm³/mol. The topological polar surface area (TPSA) is 71.4 Å². The van der Waals surface area contributed by atoms with E-state index in [0.29, 0.717) is 44.2 Å². The highest BCUT2D eigenvalue weighted by Crippen LogP contribution is 2.13. The zero-order valence-corrected chi connectivity index (χ0v) is 12.1. The molecule has 0 atom stereocenters. The molecule has 1 aliphatic rings. The average Bonchev–Trinajstić information content (AvgIpc) is 2.54. The second-order valence-electron chi connectivity index (χ2n) is 4.94. The Balaban J connectivity index is 1.81. The van der Waals surface area contributed by atoms with Crippen molar-refractivity contribution in [1.29, 1.82) is 0 Å². The molecule has 2 rings (SSSR count). The van der Waals surface area contributed by atoms with Crippen LogP contribution in [0.2, 0.25) is 0 Å². The molecule has 1 heterocycles. The van der Waals surface area contributed by atoms with Crippen molar-refractivity contribution in [2.75, 3.05) is 32.9 Å². The summed E-state index contributed by atoms with van der Waals surface area (Å²) in [7, 11) is 0. The van der Waals surface area contributed by atoms with Crippen LogP contribution < -0.4 is 4.74 Å². The van der Waals surface area contributed by atoms with Gasteiger partial charge in [0.2, 0.25) is 0 Å². The number of amides is 1. The molecule has 0 aliphatic carbocycles. The van der Waals surface area contributed by atoms with Crippen LogP contribution in [-0.4, -0.2) is 54.6 Å². The van der Waals surface area contributed by atoms with E-state index in [9.17, 15) is 4.79 Å². The number of hydrogen-bond donors (Lipinski definition) is 1. The second kappa shape index (κ2) is 7.64. The molecule has 1 N–H and O–H groups in total. The number of carbonyl (C=O) groups excluding carboxylic acids is 1. The molecule has 0 radical (unpaired) electrons. The van der Waals surface area contributed by atoms with E-state index in [-0.39, 0.29) is 12.5 Å². The fraction of sp³-hybridized carbons (Fsp3) is 0.467. The SMILES string of the molecule is C/C(Cc1ccc(OCC(=O)N2CCOCC2)cc1)=N/O. The maximum atomic E-state index is 11.9. The lowest BCUT2D eigenvalue weighted by Gasteiger charge is -2.26. The quantitative estimate of drug-likeness (QED) is 0.505. The summed E-state index contributed by atoms with van der Waals surface area (Å²) in [5, 5.41) is 11.8. The van der Waals surface area contributed by atoms with Crippen LogP contribution in [0.5, 0.6) is 5.75 Å². The lowest BCUT2D eigenvalue weighted by Crippen LogP contribution is -2.42. The summed E-state index contributed by atoms with van der Waals surface area (Å²) >= 11 is 0. The van der Waals surface area contributed by atoms with E-state index in [2.05, 4.69) is 5.16 Å². The van der Waals surface area contributed by atoms with Gasteiger partial charge in [-0.25, -0.2) is 0 Å². The van der Waals surface area contributed by atoms with Crippen molar-refractivity contribution in [1.82, 2.24) is 4.90 Å². The Bertz CT molecular complexity index is 493. The van der Waals surface area contributed by atoms with Crippen LogP contribution in [0.3, 0.4) is 0 Å². The lowest BCUT2D eigenvalue weighted by atomic mass is 10.1. The van der Waals surface area contributed by atoms with E-state index < -0.39 is 0 Å². The number of morpholine rings is 1. The minimum atomic E-state index is -0.0226.